The second-order valence-corrected chi connectivity index (χ2v) is 6.98. The van der Waals surface area contributed by atoms with Crippen LogP contribution in [0.4, 0.5) is 8.78 Å². The molecule has 5 nitrogen and oxygen atoms in total. The molecule has 3 aromatic carbocycles. The minimum atomic E-state index is -1.50. The highest BCUT2D eigenvalue weighted by molar-refractivity contribution is 5.93. The van der Waals surface area contributed by atoms with Crippen LogP contribution in [0.25, 0.3) is 22.0 Å². The Balaban J connectivity index is 1.76. The quantitative estimate of drug-likeness (QED) is 0.507. The Bertz CT molecular complexity index is 1340. The molecule has 0 aliphatic rings. The van der Waals surface area contributed by atoms with Crippen molar-refractivity contribution in [2.24, 2.45) is 0 Å². The molecule has 0 radical (unpaired) electrons. The summed E-state index contributed by atoms with van der Waals surface area (Å²) in [5, 5.41) is 8.76. The number of hydrogen-bond acceptors (Lipinski definition) is 3. The molecule has 31 heavy (non-hydrogen) atoms. The number of fused-ring (bicyclic) bond motifs is 1. The average molecular weight is 421 g/mol. The average Bonchev–Trinajstić information content (AvgIpc) is 2.78. The second-order valence-electron chi connectivity index (χ2n) is 6.98. The van der Waals surface area contributed by atoms with Crippen molar-refractivity contribution in [2.45, 2.75) is 6.54 Å². The summed E-state index contributed by atoms with van der Waals surface area (Å²) in [7, 11) is 1.59. The standard InChI is InChI=1S/C24H17F2NO4/c1-31-17-8-6-16(7-9-17)15-4-2-14(3-5-15)12-27-13-18(24(29)30)23(28)21-19(25)10-11-20(26)22(21)27/h2-11,13H,12H2,1H3,(H,29,30). The lowest BCUT2D eigenvalue weighted by atomic mass is 10.0. The zero-order valence-corrected chi connectivity index (χ0v) is 16.4. The van der Waals surface area contributed by atoms with Crippen LogP contribution in [0.15, 0.2) is 71.7 Å². The molecule has 0 saturated heterocycles. The fourth-order valence-corrected chi connectivity index (χ4v) is 3.51. The molecule has 1 aromatic heterocycles. The first kappa shape index (κ1) is 20.3. The van der Waals surface area contributed by atoms with Gasteiger partial charge in [0, 0.05) is 12.7 Å². The number of rotatable bonds is 5. The van der Waals surface area contributed by atoms with E-state index in [9.17, 15) is 23.5 Å². The van der Waals surface area contributed by atoms with Crippen molar-refractivity contribution in [2.75, 3.05) is 7.11 Å². The number of carboxylic acid groups (broad SMARTS) is 1. The fourth-order valence-electron chi connectivity index (χ4n) is 3.51. The third kappa shape index (κ3) is 3.77. The molecule has 0 bridgehead atoms. The van der Waals surface area contributed by atoms with Gasteiger partial charge in [0.25, 0.3) is 0 Å². The highest BCUT2D eigenvalue weighted by Gasteiger charge is 2.20. The van der Waals surface area contributed by atoms with Crippen LogP contribution in [0.1, 0.15) is 15.9 Å². The lowest BCUT2D eigenvalue weighted by Gasteiger charge is -2.14. The molecule has 0 fully saturated rings. The summed E-state index contributed by atoms with van der Waals surface area (Å²) >= 11 is 0. The van der Waals surface area contributed by atoms with E-state index in [1.165, 1.54) is 4.57 Å². The van der Waals surface area contributed by atoms with Crippen LogP contribution in [0.3, 0.4) is 0 Å². The molecular formula is C24H17F2NO4. The number of carboxylic acids is 1. The van der Waals surface area contributed by atoms with E-state index in [2.05, 4.69) is 0 Å². The fraction of sp³-hybridized carbons (Fsp3) is 0.0833. The van der Waals surface area contributed by atoms with E-state index in [0.29, 0.717) is 0 Å². The minimum absolute atomic E-state index is 0.0559. The topological polar surface area (TPSA) is 68.5 Å². The first-order valence-electron chi connectivity index (χ1n) is 9.37. The molecule has 0 spiro atoms. The number of benzene rings is 3. The van der Waals surface area contributed by atoms with Crippen molar-refractivity contribution in [3.05, 3.63) is 99.8 Å². The summed E-state index contributed by atoms with van der Waals surface area (Å²) in [6.07, 6.45) is 1.05. The van der Waals surface area contributed by atoms with Gasteiger partial charge in [0.1, 0.15) is 22.9 Å². The molecule has 1 heterocycles. The van der Waals surface area contributed by atoms with Gasteiger partial charge in [0.2, 0.25) is 5.43 Å². The first-order chi connectivity index (χ1) is 14.9. The predicted octanol–water partition coefficient (Wildman–Crippen LogP) is 4.70. The van der Waals surface area contributed by atoms with E-state index in [0.717, 1.165) is 40.8 Å². The molecule has 0 amide bonds. The maximum atomic E-state index is 14.5. The monoisotopic (exact) mass is 421 g/mol. The molecule has 1 N–H and O–H groups in total. The molecule has 0 unspecified atom stereocenters. The van der Waals surface area contributed by atoms with Gasteiger partial charge in [-0.2, -0.15) is 0 Å². The number of pyridine rings is 1. The Morgan fingerprint density at radius 2 is 1.52 bits per heavy atom. The van der Waals surface area contributed by atoms with E-state index in [4.69, 9.17) is 4.74 Å². The normalized spacial score (nSPS) is 10.9. The van der Waals surface area contributed by atoms with Gasteiger partial charge in [-0.1, -0.05) is 36.4 Å². The lowest BCUT2D eigenvalue weighted by Crippen LogP contribution is -2.21. The van der Waals surface area contributed by atoms with Crippen LogP contribution in [0, 0.1) is 11.6 Å². The molecule has 0 aliphatic heterocycles. The molecule has 156 valence electrons. The summed E-state index contributed by atoms with van der Waals surface area (Å²) in [5.74, 6) is -2.53. The molecule has 0 atom stereocenters. The highest BCUT2D eigenvalue weighted by atomic mass is 19.1. The summed E-state index contributed by atoms with van der Waals surface area (Å²) < 4.78 is 35.2. The van der Waals surface area contributed by atoms with Gasteiger partial charge in [0.05, 0.1) is 18.0 Å². The second kappa shape index (κ2) is 8.02. The molecule has 0 saturated carbocycles. The first-order valence-corrected chi connectivity index (χ1v) is 9.37. The van der Waals surface area contributed by atoms with E-state index in [1.54, 1.807) is 19.2 Å². The van der Waals surface area contributed by atoms with Crippen LogP contribution in [-0.2, 0) is 6.54 Å². The van der Waals surface area contributed by atoms with Crippen molar-refractivity contribution < 1.29 is 23.4 Å². The third-order valence-corrected chi connectivity index (χ3v) is 5.08. The van der Waals surface area contributed by atoms with Crippen molar-refractivity contribution in [3.63, 3.8) is 0 Å². The summed E-state index contributed by atoms with van der Waals surface area (Å²) in [6.45, 7) is 0.0559. The number of aromatic carboxylic acids is 1. The number of carbonyl (C=O) groups is 1. The van der Waals surface area contributed by atoms with Crippen molar-refractivity contribution >= 4 is 16.9 Å². The lowest BCUT2D eigenvalue weighted by molar-refractivity contribution is 0.0695. The Hall–Kier alpha value is -4.00. The highest BCUT2D eigenvalue weighted by Crippen LogP contribution is 2.24. The largest absolute Gasteiger partial charge is 0.497 e. The van der Waals surface area contributed by atoms with Crippen LogP contribution >= 0.6 is 0 Å². The predicted molar refractivity (Wildman–Crippen MR) is 113 cm³/mol. The summed E-state index contributed by atoms with van der Waals surface area (Å²) in [4.78, 5) is 23.9. The smallest absolute Gasteiger partial charge is 0.341 e. The van der Waals surface area contributed by atoms with Crippen LogP contribution in [0.2, 0.25) is 0 Å². The van der Waals surface area contributed by atoms with Crippen LogP contribution in [0.5, 0.6) is 5.75 Å². The third-order valence-electron chi connectivity index (χ3n) is 5.08. The number of aromatic nitrogens is 1. The molecule has 7 heteroatoms. The number of hydrogen-bond donors (Lipinski definition) is 1. The van der Waals surface area contributed by atoms with Crippen molar-refractivity contribution in [3.8, 4) is 16.9 Å². The van der Waals surface area contributed by atoms with Crippen molar-refractivity contribution in [1.82, 2.24) is 4.57 Å². The maximum absolute atomic E-state index is 14.5. The van der Waals surface area contributed by atoms with Crippen LogP contribution < -0.4 is 10.2 Å². The van der Waals surface area contributed by atoms with Crippen LogP contribution in [-0.4, -0.2) is 22.8 Å². The van der Waals surface area contributed by atoms with Gasteiger partial charge < -0.3 is 14.4 Å². The Kier molecular flexibility index (Phi) is 5.25. The van der Waals surface area contributed by atoms with E-state index >= 15 is 0 Å². The Morgan fingerprint density at radius 3 is 2.10 bits per heavy atom. The molecule has 4 rings (SSSR count). The van der Waals surface area contributed by atoms with Gasteiger partial charge in [-0.25, -0.2) is 13.6 Å². The zero-order chi connectivity index (χ0) is 22.1. The Labute approximate surface area is 175 Å². The number of methoxy groups -OCH3 is 1. The number of nitrogens with zero attached hydrogens (tertiary/aromatic N) is 1. The molecule has 4 aromatic rings. The van der Waals surface area contributed by atoms with Gasteiger partial charge >= 0.3 is 5.97 Å². The summed E-state index contributed by atoms with van der Waals surface area (Å²) in [6, 6.07) is 16.6. The van der Waals surface area contributed by atoms with Gasteiger partial charge in [-0.15, -0.1) is 0 Å². The zero-order valence-electron chi connectivity index (χ0n) is 16.4. The number of halogens is 2. The van der Waals surface area contributed by atoms with Gasteiger partial charge in [0.15, 0.2) is 0 Å². The molecular weight excluding hydrogens is 404 g/mol. The Morgan fingerprint density at radius 1 is 0.935 bits per heavy atom. The SMILES string of the molecule is COc1ccc(-c2ccc(Cn3cc(C(=O)O)c(=O)c4c(F)ccc(F)c43)cc2)cc1. The number of ether oxygens (including phenoxy) is 1. The van der Waals surface area contributed by atoms with E-state index in [-0.39, 0.29) is 12.1 Å². The van der Waals surface area contributed by atoms with Gasteiger partial charge in [-0.05, 0) is 41.0 Å². The summed E-state index contributed by atoms with van der Waals surface area (Å²) in [5.41, 5.74) is 0.705. The minimum Gasteiger partial charge on any atom is -0.497 e. The maximum Gasteiger partial charge on any atom is 0.341 e. The van der Waals surface area contributed by atoms with E-state index in [1.807, 2.05) is 36.4 Å². The van der Waals surface area contributed by atoms with Crippen molar-refractivity contribution in [1.29, 1.82) is 0 Å². The van der Waals surface area contributed by atoms with Gasteiger partial charge in [-0.3, -0.25) is 4.79 Å². The van der Waals surface area contributed by atoms with E-state index < -0.39 is 34.0 Å². The molecule has 0 aliphatic carbocycles.